The lowest BCUT2D eigenvalue weighted by atomic mass is 9.98. The summed E-state index contributed by atoms with van der Waals surface area (Å²) in [4.78, 5) is 42.1. The van der Waals surface area contributed by atoms with E-state index in [1.165, 1.54) is 0 Å². The number of carbonyl (C=O) groups excluding carboxylic acids is 1. The lowest BCUT2D eigenvalue weighted by Gasteiger charge is -2.13. The maximum atomic E-state index is 13.4. The largest absolute Gasteiger partial charge is 0.346 e. The van der Waals surface area contributed by atoms with Crippen molar-refractivity contribution in [3.63, 3.8) is 0 Å². The number of pyridine rings is 4. The highest BCUT2D eigenvalue weighted by Crippen LogP contribution is 2.33. The fourth-order valence-corrected chi connectivity index (χ4v) is 4.27. The average Bonchev–Trinajstić information content (AvgIpc) is 2.89. The van der Waals surface area contributed by atoms with Gasteiger partial charge in [0.25, 0.3) is 0 Å². The lowest BCUT2D eigenvalue weighted by molar-refractivity contribution is 0.251. The van der Waals surface area contributed by atoms with E-state index in [0.717, 1.165) is 27.9 Å². The molecule has 0 saturated heterocycles. The molecule has 0 aliphatic carbocycles. The molecule has 0 unspecified atom stereocenters. The zero-order valence-electron chi connectivity index (χ0n) is 20.2. The Morgan fingerprint density at radius 1 is 1.00 bits per heavy atom. The second-order valence-corrected chi connectivity index (χ2v) is 9.03. The number of hydrogen-bond acceptors (Lipinski definition) is 5. The van der Waals surface area contributed by atoms with Gasteiger partial charge in [-0.25, -0.2) is 19.7 Å². The normalized spacial score (nSPS) is 10.9. The van der Waals surface area contributed by atoms with Gasteiger partial charge in [0.1, 0.15) is 16.6 Å². The Bertz CT molecular complexity index is 1650. The van der Waals surface area contributed by atoms with Crippen LogP contribution in [0.15, 0.2) is 77.9 Å². The molecular formula is C28H23ClN6O2. The summed E-state index contributed by atoms with van der Waals surface area (Å²) in [5, 5.41) is 6.13. The quantitative estimate of drug-likeness (QED) is 0.265. The molecule has 0 fully saturated rings. The minimum Gasteiger partial charge on any atom is -0.346 e. The van der Waals surface area contributed by atoms with Gasteiger partial charge in [0.2, 0.25) is 0 Å². The Balaban J connectivity index is 1.51. The summed E-state index contributed by atoms with van der Waals surface area (Å²) in [6.45, 7) is 3.80. The summed E-state index contributed by atoms with van der Waals surface area (Å²) in [6.07, 6.45) is 3.24. The second-order valence-electron chi connectivity index (χ2n) is 8.64. The molecule has 0 spiro atoms. The maximum Gasteiger partial charge on any atom is 0.320 e. The summed E-state index contributed by atoms with van der Waals surface area (Å²) in [7, 11) is 0. The van der Waals surface area contributed by atoms with Crippen molar-refractivity contribution in [1.29, 1.82) is 0 Å². The molecule has 4 heterocycles. The van der Waals surface area contributed by atoms with Crippen LogP contribution in [0.2, 0.25) is 5.15 Å². The monoisotopic (exact) mass is 510 g/mol. The van der Waals surface area contributed by atoms with Crippen LogP contribution < -0.4 is 16.1 Å². The third-order valence-corrected chi connectivity index (χ3v) is 6.01. The molecule has 4 aromatic heterocycles. The van der Waals surface area contributed by atoms with E-state index in [0.29, 0.717) is 33.3 Å². The van der Waals surface area contributed by atoms with Gasteiger partial charge < -0.3 is 10.3 Å². The number of anilines is 1. The van der Waals surface area contributed by atoms with Gasteiger partial charge in [-0.05, 0) is 49.2 Å². The third kappa shape index (κ3) is 5.34. The summed E-state index contributed by atoms with van der Waals surface area (Å²) in [6, 6.07) is 18.3. The van der Waals surface area contributed by atoms with Crippen LogP contribution in [-0.2, 0) is 6.54 Å². The van der Waals surface area contributed by atoms with Crippen LogP contribution in [0.3, 0.4) is 0 Å². The molecule has 37 heavy (non-hydrogen) atoms. The number of nitrogens with zero attached hydrogens (tertiary/aromatic N) is 3. The number of halogens is 1. The standard InChI is InChI=1S/C28H23ClN6O2/c1-16-8-9-24(30-13-16)34-28(37)32-15-20-14-31-27-22(26(20)36)12-21(19-10-17(2)33-23(29)11-19)25(35-27)18-6-4-3-5-7-18/h3-14H,15H2,1-2H3,(H,31,35,36)(H2,30,32,34,37). The summed E-state index contributed by atoms with van der Waals surface area (Å²) >= 11 is 6.26. The van der Waals surface area contributed by atoms with Crippen LogP contribution in [0.4, 0.5) is 10.6 Å². The molecule has 5 rings (SSSR count). The van der Waals surface area contributed by atoms with Gasteiger partial charge >= 0.3 is 6.03 Å². The van der Waals surface area contributed by atoms with E-state index >= 15 is 0 Å². The number of aromatic amines is 1. The first-order valence-electron chi connectivity index (χ1n) is 11.6. The first-order valence-corrected chi connectivity index (χ1v) is 12.0. The van der Waals surface area contributed by atoms with Gasteiger partial charge in [-0.3, -0.25) is 10.1 Å². The predicted octanol–water partition coefficient (Wildman–Crippen LogP) is 5.64. The Labute approximate surface area is 217 Å². The molecule has 0 radical (unpaired) electrons. The van der Waals surface area contributed by atoms with E-state index in [9.17, 15) is 9.59 Å². The number of carbonyl (C=O) groups is 1. The van der Waals surface area contributed by atoms with E-state index < -0.39 is 6.03 Å². The number of rotatable bonds is 5. The van der Waals surface area contributed by atoms with Crippen molar-refractivity contribution in [2.45, 2.75) is 20.4 Å². The molecule has 0 aliphatic heterocycles. The van der Waals surface area contributed by atoms with Crippen molar-refractivity contribution < 1.29 is 4.79 Å². The van der Waals surface area contributed by atoms with Crippen molar-refractivity contribution in [1.82, 2.24) is 25.3 Å². The van der Waals surface area contributed by atoms with Gasteiger partial charge in [0, 0.05) is 41.3 Å². The van der Waals surface area contributed by atoms with E-state index in [2.05, 4.69) is 25.6 Å². The van der Waals surface area contributed by atoms with Gasteiger partial charge in [-0.1, -0.05) is 48.0 Å². The molecule has 0 bridgehead atoms. The molecular weight excluding hydrogens is 488 g/mol. The lowest BCUT2D eigenvalue weighted by Crippen LogP contribution is -2.30. The number of fused-ring (bicyclic) bond motifs is 1. The fourth-order valence-electron chi connectivity index (χ4n) is 4.02. The molecule has 1 aromatic carbocycles. The molecule has 3 N–H and O–H groups in total. The van der Waals surface area contributed by atoms with Gasteiger partial charge in [0.05, 0.1) is 11.1 Å². The summed E-state index contributed by atoms with van der Waals surface area (Å²) in [5.74, 6) is 0.420. The van der Waals surface area contributed by atoms with Crippen molar-refractivity contribution in [2.24, 2.45) is 0 Å². The molecule has 2 amide bonds. The molecule has 184 valence electrons. The SMILES string of the molecule is Cc1ccc(NC(=O)NCc2c[nH]c3nc(-c4ccccc4)c(-c4cc(C)nc(Cl)c4)cc3c2=O)nc1. The Morgan fingerprint density at radius 3 is 2.54 bits per heavy atom. The topological polar surface area (TPSA) is 113 Å². The molecule has 9 heteroatoms. The van der Waals surface area contributed by atoms with E-state index in [4.69, 9.17) is 16.6 Å². The molecule has 0 saturated carbocycles. The number of H-pyrrole nitrogens is 1. The summed E-state index contributed by atoms with van der Waals surface area (Å²) in [5.41, 5.74) is 5.52. The minimum atomic E-state index is -0.462. The third-order valence-electron chi connectivity index (χ3n) is 5.81. The van der Waals surface area contributed by atoms with Gasteiger partial charge in [-0.2, -0.15) is 0 Å². The molecule has 0 aliphatic rings. The number of hydrogen-bond donors (Lipinski definition) is 3. The van der Waals surface area contributed by atoms with E-state index in [-0.39, 0.29) is 12.0 Å². The van der Waals surface area contributed by atoms with Crippen LogP contribution >= 0.6 is 11.6 Å². The second kappa shape index (κ2) is 10.2. The smallest absolute Gasteiger partial charge is 0.320 e. The number of aryl methyl sites for hydroxylation is 2. The van der Waals surface area contributed by atoms with Crippen molar-refractivity contribution in [3.05, 3.63) is 105 Å². The molecule has 0 atom stereocenters. The van der Waals surface area contributed by atoms with Crippen molar-refractivity contribution in [2.75, 3.05) is 5.32 Å². The maximum absolute atomic E-state index is 13.4. The highest BCUT2D eigenvalue weighted by atomic mass is 35.5. The van der Waals surface area contributed by atoms with E-state index in [1.807, 2.05) is 62.4 Å². The van der Waals surface area contributed by atoms with Crippen LogP contribution in [0.1, 0.15) is 16.8 Å². The van der Waals surface area contributed by atoms with Gasteiger partial charge in [0.15, 0.2) is 5.43 Å². The number of benzene rings is 1. The average molecular weight is 511 g/mol. The Kier molecular flexibility index (Phi) is 6.66. The van der Waals surface area contributed by atoms with Crippen LogP contribution in [0, 0.1) is 13.8 Å². The number of amides is 2. The Hall–Kier alpha value is -4.56. The Morgan fingerprint density at radius 2 is 1.81 bits per heavy atom. The van der Waals surface area contributed by atoms with Crippen LogP contribution in [0.25, 0.3) is 33.4 Å². The molecule has 8 nitrogen and oxygen atoms in total. The van der Waals surface area contributed by atoms with Crippen molar-refractivity contribution >= 4 is 34.5 Å². The number of urea groups is 1. The minimum absolute atomic E-state index is 0.0267. The van der Waals surface area contributed by atoms with Crippen molar-refractivity contribution in [3.8, 4) is 22.4 Å². The van der Waals surface area contributed by atoms with Gasteiger partial charge in [-0.15, -0.1) is 0 Å². The predicted molar refractivity (Wildman–Crippen MR) is 146 cm³/mol. The van der Waals surface area contributed by atoms with E-state index in [1.54, 1.807) is 24.5 Å². The first kappa shape index (κ1) is 24.1. The first-order chi connectivity index (χ1) is 17.9. The fraction of sp³-hybridized carbons (Fsp3) is 0.107. The number of aromatic nitrogens is 4. The highest BCUT2D eigenvalue weighted by molar-refractivity contribution is 6.29. The zero-order valence-corrected chi connectivity index (χ0v) is 20.9. The molecule has 5 aromatic rings. The van der Waals surface area contributed by atoms with Crippen LogP contribution in [-0.4, -0.2) is 26.0 Å². The zero-order chi connectivity index (χ0) is 25.9. The van der Waals surface area contributed by atoms with Crippen LogP contribution in [0.5, 0.6) is 0 Å². The highest BCUT2D eigenvalue weighted by Gasteiger charge is 2.16. The summed E-state index contributed by atoms with van der Waals surface area (Å²) < 4.78 is 0. The number of nitrogens with one attached hydrogen (secondary N) is 3.